The molecular formula is C22H34NPSe2. The van der Waals surface area contributed by atoms with Crippen LogP contribution in [0.25, 0.3) is 0 Å². The van der Waals surface area contributed by atoms with Crippen molar-refractivity contribution in [1.29, 1.82) is 0 Å². The van der Waals surface area contributed by atoms with E-state index in [0.29, 0.717) is 0 Å². The molecule has 2 aromatic carbocycles. The fourth-order valence-corrected chi connectivity index (χ4v) is 6.49. The van der Waals surface area contributed by atoms with E-state index in [1.807, 2.05) is 0 Å². The summed E-state index contributed by atoms with van der Waals surface area (Å²) < 4.78 is -1.02. The second-order valence-electron chi connectivity index (χ2n) is 7.41. The molecule has 2 N–H and O–H groups in total. The SMILES string of the molecule is CC(C)[NH2+]C(C)C.[Se]=P([Se-])(CCc1ccccc1)CCc1ccccc1. The van der Waals surface area contributed by atoms with Crippen molar-refractivity contribution in [3.63, 3.8) is 0 Å². The normalized spacial score (nSPS) is 11.3. The molecule has 1 nitrogen and oxygen atoms in total. The van der Waals surface area contributed by atoms with Crippen molar-refractivity contribution in [2.75, 3.05) is 12.3 Å². The minimum absolute atomic E-state index is 0.750. The predicted molar refractivity (Wildman–Crippen MR) is 121 cm³/mol. The van der Waals surface area contributed by atoms with Crippen LogP contribution < -0.4 is 5.32 Å². The minimum atomic E-state index is -1.02. The van der Waals surface area contributed by atoms with E-state index in [2.05, 4.69) is 124 Å². The molecule has 0 aliphatic heterocycles. The monoisotopic (exact) mass is 503 g/mol. The molecule has 0 bridgehead atoms. The van der Waals surface area contributed by atoms with Gasteiger partial charge in [-0.25, -0.2) is 0 Å². The Kier molecular flexibility index (Phi) is 12.1. The topological polar surface area (TPSA) is 16.6 Å². The molecule has 0 aliphatic rings. The molecule has 0 unspecified atom stereocenters. The van der Waals surface area contributed by atoms with E-state index in [4.69, 9.17) is 0 Å². The molecule has 4 heteroatoms. The van der Waals surface area contributed by atoms with Crippen molar-refractivity contribution in [1.82, 2.24) is 0 Å². The molecule has 0 atom stereocenters. The Hall–Kier alpha value is -0.131. The van der Waals surface area contributed by atoms with Gasteiger partial charge >= 0.3 is 132 Å². The first-order valence-electron chi connectivity index (χ1n) is 9.50. The fraction of sp³-hybridized carbons (Fsp3) is 0.455. The molecule has 144 valence electrons. The zero-order chi connectivity index (χ0) is 19.4. The van der Waals surface area contributed by atoms with Gasteiger partial charge in [-0.15, -0.1) is 0 Å². The van der Waals surface area contributed by atoms with Gasteiger partial charge in [0.1, 0.15) is 0 Å². The summed E-state index contributed by atoms with van der Waals surface area (Å²) in [6.45, 7) is 8.83. The predicted octanol–water partition coefficient (Wildman–Crippen LogP) is 4.02. The van der Waals surface area contributed by atoms with Gasteiger partial charge in [-0.1, -0.05) is 0 Å². The first-order chi connectivity index (χ1) is 12.3. The van der Waals surface area contributed by atoms with Gasteiger partial charge in [0.2, 0.25) is 0 Å². The van der Waals surface area contributed by atoms with Gasteiger partial charge in [0, 0.05) is 0 Å². The molecule has 0 saturated heterocycles. The van der Waals surface area contributed by atoms with Crippen molar-refractivity contribution in [2.24, 2.45) is 0 Å². The average molecular weight is 501 g/mol. The summed E-state index contributed by atoms with van der Waals surface area (Å²) in [5, 5.41) is 2.33. The van der Waals surface area contributed by atoms with Crippen LogP contribution in [-0.4, -0.2) is 55.1 Å². The van der Waals surface area contributed by atoms with Gasteiger partial charge in [-0.05, 0) is 27.7 Å². The summed E-state index contributed by atoms with van der Waals surface area (Å²) in [7, 11) is 0. The Morgan fingerprint density at radius 2 is 1.12 bits per heavy atom. The van der Waals surface area contributed by atoms with Crippen LogP contribution in [0.4, 0.5) is 0 Å². The van der Waals surface area contributed by atoms with Crippen molar-refractivity contribution in [2.45, 2.75) is 52.6 Å². The van der Waals surface area contributed by atoms with Gasteiger partial charge in [-0.3, -0.25) is 0 Å². The van der Waals surface area contributed by atoms with E-state index < -0.39 is 4.20 Å². The Bertz CT molecular complexity index is 588. The Labute approximate surface area is 176 Å². The van der Waals surface area contributed by atoms with E-state index in [0.717, 1.165) is 12.1 Å². The average Bonchev–Trinajstić information content (AvgIpc) is 2.60. The van der Waals surface area contributed by atoms with Crippen molar-refractivity contribution in [3.8, 4) is 0 Å². The van der Waals surface area contributed by atoms with Crippen LogP contribution >= 0.6 is 4.20 Å². The van der Waals surface area contributed by atoms with Crippen LogP contribution in [0.15, 0.2) is 60.7 Å². The molecule has 26 heavy (non-hydrogen) atoms. The molecule has 2 aromatic rings. The van der Waals surface area contributed by atoms with E-state index >= 15 is 0 Å². The van der Waals surface area contributed by atoms with Crippen LogP contribution in [0.2, 0.25) is 0 Å². The van der Waals surface area contributed by atoms with Crippen LogP contribution in [-0.2, 0) is 12.8 Å². The standard InChI is InChI=1S/C16H19PSe2.C6H15N/c18-17(19,13-11-15-7-3-1-4-8-15)14-12-16-9-5-2-6-10-16;1-5(2)7-6(3)4/h1-10H,11-14H2,(H,18,19);5-7H,1-4H3. The van der Waals surface area contributed by atoms with Gasteiger partial charge < -0.3 is 5.32 Å². The maximum absolute atomic E-state index is 3.45. The van der Waals surface area contributed by atoms with Crippen LogP contribution in [0.1, 0.15) is 38.8 Å². The molecular weight excluding hydrogens is 467 g/mol. The molecule has 0 radical (unpaired) electrons. The summed E-state index contributed by atoms with van der Waals surface area (Å²) in [6, 6.07) is 23.0. The second-order valence-corrected chi connectivity index (χ2v) is 22.3. The first kappa shape index (κ1) is 23.9. The molecule has 0 spiro atoms. The van der Waals surface area contributed by atoms with E-state index in [9.17, 15) is 0 Å². The Morgan fingerprint density at radius 1 is 0.769 bits per heavy atom. The quantitative estimate of drug-likeness (QED) is 0.416. The van der Waals surface area contributed by atoms with Crippen molar-refractivity contribution in [3.05, 3.63) is 71.8 Å². The number of quaternary nitrogens is 1. The van der Waals surface area contributed by atoms with E-state index in [1.165, 1.54) is 36.3 Å². The zero-order valence-corrected chi connectivity index (χ0v) is 20.9. The Balaban J connectivity index is 0.000000412. The summed E-state index contributed by atoms with van der Waals surface area (Å²) in [6.07, 6.45) is 4.85. The molecule has 0 aromatic heterocycles. The molecule has 0 saturated carbocycles. The van der Waals surface area contributed by atoms with Crippen LogP contribution in [0.5, 0.6) is 0 Å². The van der Waals surface area contributed by atoms with Crippen molar-refractivity contribution < 1.29 is 5.32 Å². The fourth-order valence-electron chi connectivity index (χ4n) is 2.77. The van der Waals surface area contributed by atoms with Crippen LogP contribution in [0, 0.1) is 0 Å². The van der Waals surface area contributed by atoms with Crippen LogP contribution in [0.3, 0.4) is 0 Å². The van der Waals surface area contributed by atoms with Gasteiger partial charge in [0.25, 0.3) is 0 Å². The summed E-state index contributed by atoms with van der Waals surface area (Å²) >= 11 is 6.90. The molecule has 0 aliphatic carbocycles. The number of hydrogen-bond donors (Lipinski definition) is 1. The van der Waals surface area contributed by atoms with E-state index in [1.54, 1.807) is 0 Å². The molecule has 0 heterocycles. The number of benzene rings is 2. The van der Waals surface area contributed by atoms with Gasteiger partial charge in [0.05, 0.1) is 12.1 Å². The maximum atomic E-state index is 3.45. The van der Waals surface area contributed by atoms with Gasteiger partial charge in [-0.2, -0.15) is 0 Å². The number of hydrogen-bond acceptors (Lipinski definition) is 0. The summed E-state index contributed by atoms with van der Waals surface area (Å²) in [5.41, 5.74) is 2.88. The van der Waals surface area contributed by atoms with Gasteiger partial charge in [0.15, 0.2) is 0 Å². The third-order valence-corrected chi connectivity index (χ3v) is 10.3. The molecule has 0 fully saturated rings. The zero-order valence-electron chi connectivity index (χ0n) is 16.6. The summed E-state index contributed by atoms with van der Waals surface area (Å²) in [5.74, 6) is 0. The molecule has 2 rings (SSSR count). The number of aryl methyl sites for hydroxylation is 2. The summed E-state index contributed by atoms with van der Waals surface area (Å²) in [4.78, 5) is 0. The van der Waals surface area contributed by atoms with E-state index in [-0.39, 0.29) is 0 Å². The third kappa shape index (κ3) is 12.3. The Morgan fingerprint density at radius 3 is 1.38 bits per heavy atom. The number of nitrogens with two attached hydrogens (primary N) is 1. The van der Waals surface area contributed by atoms with Crippen molar-refractivity contribution >= 4 is 34.9 Å². The second kappa shape index (κ2) is 13.1. The first-order valence-corrected chi connectivity index (χ1v) is 16.1. The molecule has 0 amide bonds. The number of rotatable bonds is 8. The third-order valence-electron chi connectivity index (χ3n) is 3.94.